The Labute approximate surface area is 227 Å². The number of hydrogen-bond donors (Lipinski definition) is 2. The van der Waals surface area contributed by atoms with Crippen LogP contribution in [0, 0.1) is 0 Å². The van der Waals surface area contributed by atoms with E-state index in [0.29, 0.717) is 23.4 Å². The summed E-state index contributed by atoms with van der Waals surface area (Å²) in [6, 6.07) is 0.712. The van der Waals surface area contributed by atoms with Crippen molar-refractivity contribution in [2.75, 3.05) is 31.2 Å². The molecule has 3 aliphatic rings. The summed E-state index contributed by atoms with van der Waals surface area (Å²) in [7, 11) is 0. The van der Waals surface area contributed by atoms with E-state index in [1.54, 1.807) is 10.3 Å². The zero-order chi connectivity index (χ0) is 27.9. The van der Waals surface area contributed by atoms with Gasteiger partial charge in [0.25, 0.3) is 6.01 Å². The molecule has 0 aliphatic carbocycles. The van der Waals surface area contributed by atoms with Crippen LogP contribution in [0.3, 0.4) is 0 Å². The first-order chi connectivity index (χ1) is 18.4. The highest BCUT2D eigenvalue weighted by Crippen LogP contribution is 2.46. The predicted octanol–water partition coefficient (Wildman–Crippen LogP) is 5.72. The highest BCUT2D eigenvalue weighted by Gasteiger charge is 2.44. The summed E-state index contributed by atoms with van der Waals surface area (Å²) in [6.45, 7) is 5.15. The first-order valence-corrected chi connectivity index (χ1v) is 13.8. The summed E-state index contributed by atoms with van der Waals surface area (Å²) in [5.74, 6) is 0. The van der Waals surface area contributed by atoms with Crippen LogP contribution in [0.2, 0.25) is 0 Å². The molecule has 9 nitrogen and oxygen atoms in total. The molecule has 3 fully saturated rings. The van der Waals surface area contributed by atoms with Gasteiger partial charge in [0.2, 0.25) is 0 Å². The van der Waals surface area contributed by atoms with Gasteiger partial charge in [0.05, 0.1) is 28.8 Å². The third kappa shape index (κ3) is 5.57. The molecule has 1 aromatic carbocycles. The number of nitrogens with zero attached hydrogens (tertiary/aromatic N) is 4. The molecule has 3 saturated heterocycles. The van der Waals surface area contributed by atoms with Gasteiger partial charge in [-0.05, 0) is 57.6 Å². The van der Waals surface area contributed by atoms with Crippen molar-refractivity contribution in [3.8, 4) is 10.6 Å². The number of hydrogen-bond acceptors (Lipinski definition) is 8. The number of amides is 1. The Kier molecular flexibility index (Phi) is 7.51. The van der Waals surface area contributed by atoms with Crippen LogP contribution < -0.4 is 4.90 Å². The van der Waals surface area contributed by atoms with Gasteiger partial charge in [-0.25, -0.2) is 9.78 Å². The number of ether oxygens (including phenoxy) is 1. The van der Waals surface area contributed by atoms with Crippen LogP contribution in [0.1, 0.15) is 57.1 Å². The number of piperidine rings is 1. The normalized spacial score (nSPS) is 21.7. The number of halogens is 3. The molecule has 2 aromatic heterocycles. The van der Waals surface area contributed by atoms with Gasteiger partial charge in [-0.1, -0.05) is 0 Å². The van der Waals surface area contributed by atoms with E-state index in [4.69, 9.17) is 9.15 Å². The SMILES string of the molecule is C1CCOC1.CC(C)(O)c1cc(-c2nccs2)c2oc(N3CC4CCCC(C3)N4C(=O)O)nc2c1C(F)(F)F. The zero-order valence-corrected chi connectivity index (χ0v) is 22.5. The molecule has 3 aromatic rings. The number of thiazole rings is 1. The Balaban J connectivity index is 0.000000555. The molecule has 6 rings (SSSR count). The molecule has 2 N–H and O–H groups in total. The lowest BCUT2D eigenvalue weighted by Crippen LogP contribution is -2.62. The second kappa shape index (κ2) is 10.6. The van der Waals surface area contributed by atoms with Gasteiger partial charge < -0.3 is 24.3 Å². The number of fused-ring (bicyclic) bond motifs is 3. The molecular weight excluding hydrogens is 537 g/mol. The average Bonchev–Trinajstić information content (AvgIpc) is 3.64. The van der Waals surface area contributed by atoms with Crippen molar-refractivity contribution in [1.29, 1.82) is 0 Å². The molecular formula is C26H31F3N4O5S. The maximum Gasteiger partial charge on any atom is 0.419 e. The summed E-state index contributed by atoms with van der Waals surface area (Å²) in [5.41, 5.74) is -3.29. The number of piperazine rings is 1. The number of anilines is 1. The maximum absolute atomic E-state index is 14.3. The fourth-order valence-electron chi connectivity index (χ4n) is 5.58. The van der Waals surface area contributed by atoms with Crippen LogP contribution in [0.25, 0.3) is 21.7 Å². The molecule has 3 aliphatic heterocycles. The molecule has 212 valence electrons. The molecule has 5 heterocycles. The smallest absolute Gasteiger partial charge is 0.419 e. The molecule has 0 radical (unpaired) electrons. The largest absolute Gasteiger partial charge is 0.465 e. The van der Waals surface area contributed by atoms with E-state index in [9.17, 15) is 28.2 Å². The van der Waals surface area contributed by atoms with Gasteiger partial charge >= 0.3 is 12.3 Å². The minimum Gasteiger partial charge on any atom is -0.465 e. The third-order valence-electron chi connectivity index (χ3n) is 7.30. The Bertz CT molecular complexity index is 1300. The van der Waals surface area contributed by atoms with Crippen molar-refractivity contribution in [1.82, 2.24) is 14.9 Å². The van der Waals surface area contributed by atoms with E-state index in [0.717, 1.165) is 19.6 Å². The van der Waals surface area contributed by atoms with Crippen molar-refractivity contribution in [2.24, 2.45) is 0 Å². The summed E-state index contributed by atoms with van der Waals surface area (Å²) in [6.07, 6.45) is 0.536. The van der Waals surface area contributed by atoms with E-state index in [1.165, 1.54) is 55.2 Å². The molecule has 0 saturated carbocycles. The summed E-state index contributed by atoms with van der Waals surface area (Å²) >= 11 is 1.24. The van der Waals surface area contributed by atoms with Gasteiger partial charge in [0.15, 0.2) is 5.58 Å². The third-order valence-corrected chi connectivity index (χ3v) is 8.11. The number of rotatable bonds is 3. The number of carboxylic acid groups (broad SMARTS) is 1. The molecule has 1 amide bonds. The van der Waals surface area contributed by atoms with Gasteiger partial charge in [-0.3, -0.25) is 4.90 Å². The minimum absolute atomic E-state index is 0.00754. The highest BCUT2D eigenvalue weighted by atomic mass is 32.1. The number of benzene rings is 1. The standard InChI is InChI=1S/C22H23F3N4O4S.C4H8O/c1-21(2,32)14-8-13(18-26-6-7-34-18)17-16(15(14)22(23,24)25)27-19(33-17)28-9-11-4-3-5-12(10-28)29(11)20(30)31;1-2-4-5-3-1/h6-8,11-12,32H,3-5,9-10H2,1-2H3,(H,30,31);1-4H2. The van der Waals surface area contributed by atoms with Crippen molar-refractivity contribution in [2.45, 2.75) is 69.8 Å². The first kappa shape index (κ1) is 27.7. The summed E-state index contributed by atoms with van der Waals surface area (Å²) in [4.78, 5) is 23.4. The lowest BCUT2D eigenvalue weighted by molar-refractivity contribution is -0.139. The Hall–Kier alpha value is -2.90. The van der Waals surface area contributed by atoms with Gasteiger partial charge in [-0.15, -0.1) is 11.3 Å². The van der Waals surface area contributed by atoms with E-state index in [2.05, 4.69) is 9.97 Å². The van der Waals surface area contributed by atoms with E-state index in [1.807, 2.05) is 0 Å². The number of aliphatic hydroxyl groups is 1. The Morgan fingerprint density at radius 3 is 2.28 bits per heavy atom. The predicted molar refractivity (Wildman–Crippen MR) is 139 cm³/mol. The van der Waals surface area contributed by atoms with Crippen LogP contribution in [0.15, 0.2) is 22.1 Å². The van der Waals surface area contributed by atoms with Crippen LogP contribution in [0.4, 0.5) is 24.0 Å². The minimum atomic E-state index is -4.79. The van der Waals surface area contributed by atoms with Crippen LogP contribution >= 0.6 is 11.3 Å². The van der Waals surface area contributed by atoms with Crippen LogP contribution in [0.5, 0.6) is 0 Å². The molecule has 0 spiro atoms. The first-order valence-electron chi connectivity index (χ1n) is 13.0. The fourth-order valence-corrected chi connectivity index (χ4v) is 6.23. The zero-order valence-electron chi connectivity index (χ0n) is 21.7. The van der Waals surface area contributed by atoms with Crippen molar-refractivity contribution in [3.63, 3.8) is 0 Å². The van der Waals surface area contributed by atoms with Crippen LogP contribution in [-0.4, -0.2) is 69.6 Å². The lowest BCUT2D eigenvalue weighted by Gasteiger charge is -2.48. The van der Waals surface area contributed by atoms with Gasteiger partial charge in [-0.2, -0.15) is 18.2 Å². The Morgan fingerprint density at radius 2 is 1.79 bits per heavy atom. The second-order valence-corrected chi connectivity index (χ2v) is 11.5. The molecule has 2 atom stereocenters. The lowest BCUT2D eigenvalue weighted by atomic mass is 9.90. The van der Waals surface area contributed by atoms with E-state index >= 15 is 0 Å². The monoisotopic (exact) mass is 568 g/mol. The molecule has 2 unspecified atom stereocenters. The average molecular weight is 569 g/mol. The van der Waals surface area contributed by atoms with Gasteiger partial charge in [0.1, 0.15) is 10.5 Å². The van der Waals surface area contributed by atoms with Crippen molar-refractivity contribution in [3.05, 3.63) is 28.8 Å². The van der Waals surface area contributed by atoms with E-state index < -0.39 is 29.0 Å². The topological polar surface area (TPSA) is 112 Å². The van der Waals surface area contributed by atoms with Crippen molar-refractivity contribution >= 4 is 34.5 Å². The van der Waals surface area contributed by atoms with Crippen LogP contribution in [-0.2, 0) is 16.5 Å². The van der Waals surface area contributed by atoms with Crippen molar-refractivity contribution < 1.29 is 37.3 Å². The Morgan fingerprint density at radius 1 is 1.13 bits per heavy atom. The highest BCUT2D eigenvalue weighted by molar-refractivity contribution is 7.13. The maximum atomic E-state index is 14.3. The number of carbonyl (C=O) groups is 1. The van der Waals surface area contributed by atoms with E-state index in [-0.39, 0.29) is 42.3 Å². The molecule has 13 heteroatoms. The molecule has 39 heavy (non-hydrogen) atoms. The summed E-state index contributed by atoms with van der Waals surface area (Å²) in [5, 5.41) is 22.4. The quantitative estimate of drug-likeness (QED) is 0.413. The number of aromatic nitrogens is 2. The molecule has 2 bridgehead atoms. The van der Waals surface area contributed by atoms with Gasteiger partial charge in [0, 0.05) is 37.9 Å². The second-order valence-electron chi connectivity index (χ2n) is 10.6. The fraction of sp³-hybridized carbons (Fsp3) is 0.577. The summed E-state index contributed by atoms with van der Waals surface area (Å²) < 4.78 is 53.7. The number of oxazole rings is 1. The number of alkyl halides is 3.